The van der Waals surface area contributed by atoms with Gasteiger partial charge in [-0.25, -0.2) is 4.68 Å². The standard InChI is InChI=1S/C12H19N5O2/c1-8-5-16(6-9(2)19-8)12(18)11-7-17(15-14-11)10-3-13-4-10/h7-10,13H,3-6H2,1-2H3. The van der Waals surface area contributed by atoms with Crippen LogP contribution < -0.4 is 5.32 Å². The third kappa shape index (κ3) is 2.48. The molecule has 0 radical (unpaired) electrons. The van der Waals surface area contributed by atoms with Gasteiger partial charge in [-0.15, -0.1) is 5.10 Å². The summed E-state index contributed by atoms with van der Waals surface area (Å²) in [5.41, 5.74) is 0.424. The molecule has 7 heteroatoms. The van der Waals surface area contributed by atoms with E-state index in [1.165, 1.54) is 0 Å². The van der Waals surface area contributed by atoms with Gasteiger partial charge in [0.05, 0.1) is 24.4 Å². The topological polar surface area (TPSA) is 72.3 Å². The van der Waals surface area contributed by atoms with E-state index in [1.807, 2.05) is 13.8 Å². The molecule has 2 fully saturated rings. The Morgan fingerprint density at radius 3 is 2.63 bits per heavy atom. The zero-order chi connectivity index (χ0) is 13.4. The van der Waals surface area contributed by atoms with Crippen LogP contribution in [0.15, 0.2) is 6.20 Å². The van der Waals surface area contributed by atoms with Crippen molar-refractivity contribution in [2.24, 2.45) is 0 Å². The Morgan fingerprint density at radius 1 is 1.37 bits per heavy atom. The van der Waals surface area contributed by atoms with E-state index in [-0.39, 0.29) is 18.1 Å². The van der Waals surface area contributed by atoms with Gasteiger partial charge < -0.3 is 15.0 Å². The monoisotopic (exact) mass is 265 g/mol. The highest BCUT2D eigenvalue weighted by atomic mass is 16.5. The van der Waals surface area contributed by atoms with Crippen LogP contribution in [0.3, 0.4) is 0 Å². The van der Waals surface area contributed by atoms with Crippen molar-refractivity contribution >= 4 is 5.91 Å². The molecule has 19 heavy (non-hydrogen) atoms. The Hall–Kier alpha value is -1.47. The first-order valence-corrected chi connectivity index (χ1v) is 6.71. The molecule has 0 aliphatic carbocycles. The van der Waals surface area contributed by atoms with E-state index in [4.69, 9.17) is 4.74 Å². The van der Waals surface area contributed by atoms with Crippen molar-refractivity contribution in [2.75, 3.05) is 26.2 Å². The molecule has 2 saturated heterocycles. The number of nitrogens with zero attached hydrogens (tertiary/aromatic N) is 4. The fraction of sp³-hybridized carbons (Fsp3) is 0.750. The highest BCUT2D eigenvalue weighted by Crippen LogP contribution is 2.15. The summed E-state index contributed by atoms with van der Waals surface area (Å²) < 4.78 is 7.40. The van der Waals surface area contributed by atoms with Crippen LogP contribution in [-0.2, 0) is 4.74 Å². The third-order valence-electron chi connectivity index (χ3n) is 3.57. The Kier molecular flexibility index (Phi) is 3.24. The molecule has 0 spiro atoms. The first-order valence-electron chi connectivity index (χ1n) is 6.71. The van der Waals surface area contributed by atoms with Crippen LogP contribution in [0.25, 0.3) is 0 Å². The fourth-order valence-corrected chi connectivity index (χ4v) is 2.52. The molecule has 7 nitrogen and oxygen atoms in total. The zero-order valence-corrected chi connectivity index (χ0v) is 11.2. The zero-order valence-electron chi connectivity index (χ0n) is 11.2. The van der Waals surface area contributed by atoms with E-state index in [2.05, 4.69) is 15.6 Å². The predicted octanol–water partition coefficient (Wildman–Crippen LogP) is -0.328. The van der Waals surface area contributed by atoms with Gasteiger partial charge >= 0.3 is 0 Å². The maximum Gasteiger partial charge on any atom is 0.276 e. The number of nitrogens with one attached hydrogen (secondary N) is 1. The van der Waals surface area contributed by atoms with Crippen molar-refractivity contribution in [2.45, 2.75) is 32.1 Å². The van der Waals surface area contributed by atoms with Crippen molar-refractivity contribution in [3.63, 3.8) is 0 Å². The molecule has 104 valence electrons. The van der Waals surface area contributed by atoms with Gasteiger partial charge in [-0.05, 0) is 13.8 Å². The lowest BCUT2D eigenvalue weighted by atomic mass is 10.2. The molecule has 1 amide bonds. The van der Waals surface area contributed by atoms with Gasteiger partial charge in [0.15, 0.2) is 5.69 Å². The molecule has 0 saturated carbocycles. The van der Waals surface area contributed by atoms with Gasteiger partial charge in [-0.3, -0.25) is 4.79 Å². The van der Waals surface area contributed by atoms with Gasteiger partial charge in [-0.1, -0.05) is 5.21 Å². The molecule has 2 aliphatic rings. The van der Waals surface area contributed by atoms with Crippen molar-refractivity contribution < 1.29 is 9.53 Å². The lowest BCUT2D eigenvalue weighted by molar-refractivity contribution is -0.0587. The van der Waals surface area contributed by atoms with Crippen LogP contribution in [0.4, 0.5) is 0 Å². The number of ether oxygens (including phenoxy) is 1. The highest BCUT2D eigenvalue weighted by molar-refractivity contribution is 5.92. The van der Waals surface area contributed by atoms with Crippen LogP contribution in [0.2, 0.25) is 0 Å². The molecule has 0 bridgehead atoms. The molecule has 1 N–H and O–H groups in total. The minimum atomic E-state index is -0.0551. The molecular formula is C12H19N5O2. The number of carbonyl (C=O) groups excluding carboxylic acids is 1. The summed E-state index contributed by atoms with van der Waals surface area (Å²) in [5, 5.41) is 11.2. The summed E-state index contributed by atoms with van der Waals surface area (Å²) in [4.78, 5) is 14.2. The summed E-state index contributed by atoms with van der Waals surface area (Å²) in [7, 11) is 0. The molecule has 2 unspecified atom stereocenters. The largest absolute Gasteiger partial charge is 0.372 e. The number of hydrogen-bond acceptors (Lipinski definition) is 5. The molecule has 0 aromatic carbocycles. The summed E-state index contributed by atoms with van der Waals surface area (Å²) in [6.45, 7) is 6.97. The summed E-state index contributed by atoms with van der Waals surface area (Å²) in [6, 6.07) is 0.330. The predicted molar refractivity (Wildman–Crippen MR) is 67.8 cm³/mol. The maximum atomic E-state index is 12.4. The molecule has 3 rings (SSSR count). The molecule has 1 aromatic heterocycles. The second-order valence-electron chi connectivity index (χ2n) is 5.36. The number of amides is 1. The van der Waals surface area contributed by atoms with Gasteiger partial charge in [0.2, 0.25) is 0 Å². The minimum absolute atomic E-state index is 0.0551. The number of aromatic nitrogens is 3. The molecule has 1 aromatic rings. The Balaban J connectivity index is 1.70. The van der Waals surface area contributed by atoms with Gasteiger partial charge in [0, 0.05) is 26.2 Å². The number of rotatable bonds is 2. The summed E-state index contributed by atoms with van der Waals surface area (Å²) in [6.07, 6.45) is 1.88. The first-order chi connectivity index (χ1) is 9.13. The van der Waals surface area contributed by atoms with Crippen LogP contribution in [0.1, 0.15) is 30.4 Å². The smallest absolute Gasteiger partial charge is 0.276 e. The van der Waals surface area contributed by atoms with Crippen LogP contribution in [0, 0.1) is 0 Å². The quantitative estimate of drug-likeness (QED) is 0.793. The Morgan fingerprint density at radius 2 is 2.05 bits per heavy atom. The van der Waals surface area contributed by atoms with Crippen LogP contribution in [-0.4, -0.2) is 64.2 Å². The average Bonchev–Trinajstić information content (AvgIpc) is 2.73. The highest BCUT2D eigenvalue weighted by Gasteiger charge is 2.29. The molecule has 2 atom stereocenters. The van der Waals surface area contributed by atoms with E-state index in [1.54, 1.807) is 15.8 Å². The van der Waals surface area contributed by atoms with E-state index >= 15 is 0 Å². The third-order valence-corrected chi connectivity index (χ3v) is 3.57. The Bertz CT molecular complexity index is 460. The number of hydrogen-bond donors (Lipinski definition) is 1. The first kappa shape index (κ1) is 12.6. The summed E-state index contributed by atoms with van der Waals surface area (Å²) >= 11 is 0. The van der Waals surface area contributed by atoms with Crippen molar-refractivity contribution in [3.8, 4) is 0 Å². The minimum Gasteiger partial charge on any atom is -0.372 e. The van der Waals surface area contributed by atoms with E-state index < -0.39 is 0 Å². The second-order valence-corrected chi connectivity index (χ2v) is 5.36. The lowest BCUT2D eigenvalue weighted by Crippen LogP contribution is -2.48. The SMILES string of the molecule is CC1CN(C(=O)c2cn(C3CNC3)nn2)CC(C)O1. The van der Waals surface area contributed by atoms with Crippen LogP contribution >= 0.6 is 0 Å². The number of morpholine rings is 1. The number of carbonyl (C=O) groups is 1. The van der Waals surface area contributed by atoms with E-state index in [0.717, 1.165) is 13.1 Å². The van der Waals surface area contributed by atoms with Gasteiger partial charge in [0.1, 0.15) is 0 Å². The normalized spacial score (nSPS) is 28.2. The summed E-state index contributed by atoms with van der Waals surface area (Å²) in [5.74, 6) is -0.0551. The Labute approximate surface area is 111 Å². The average molecular weight is 265 g/mol. The lowest BCUT2D eigenvalue weighted by Gasteiger charge is -2.34. The van der Waals surface area contributed by atoms with Crippen LogP contribution in [0.5, 0.6) is 0 Å². The fourth-order valence-electron chi connectivity index (χ4n) is 2.52. The van der Waals surface area contributed by atoms with Crippen molar-refractivity contribution in [3.05, 3.63) is 11.9 Å². The molecule has 2 aliphatic heterocycles. The van der Waals surface area contributed by atoms with Gasteiger partial charge in [-0.2, -0.15) is 0 Å². The van der Waals surface area contributed by atoms with E-state index in [0.29, 0.717) is 24.8 Å². The van der Waals surface area contributed by atoms with Crippen molar-refractivity contribution in [1.82, 2.24) is 25.2 Å². The molecular weight excluding hydrogens is 246 g/mol. The second kappa shape index (κ2) is 4.90. The molecule has 3 heterocycles. The van der Waals surface area contributed by atoms with E-state index in [9.17, 15) is 4.79 Å². The maximum absolute atomic E-state index is 12.4. The van der Waals surface area contributed by atoms with Crippen molar-refractivity contribution in [1.29, 1.82) is 0 Å². The van der Waals surface area contributed by atoms with Gasteiger partial charge in [0.25, 0.3) is 5.91 Å².